The second-order valence-electron chi connectivity index (χ2n) is 2.48. The zero-order chi connectivity index (χ0) is 8.69. The van der Waals surface area contributed by atoms with Crippen LogP contribution in [-0.4, -0.2) is 44.2 Å². The molecule has 0 aromatic rings. The summed E-state index contributed by atoms with van der Waals surface area (Å²) in [5, 5.41) is 8.55. The first kappa shape index (κ1) is 11.3. The highest BCUT2D eigenvalue weighted by Crippen LogP contribution is 2.03. The quantitative estimate of drug-likeness (QED) is 0.338. The minimum absolute atomic E-state index is 0.139. The van der Waals surface area contributed by atoms with Gasteiger partial charge in [-0.3, -0.25) is 0 Å². The molecule has 3 nitrogen and oxygen atoms in total. The van der Waals surface area contributed by atoms with Crippen LogP contribution in [0.15, 0.2) is 0 Å². The van der Waals surface area contributed by atoms with E-state index >= 15 is 0 Å². The predicted molar refractivity (Wildman–Crippen MR) is 48.6 cm³/mol. The van der Waals surface area contributed by atoms with Gasteiger partial charge in [-0.15, -0.1) is 0 Å². The van der Waals surface area contributed by atoms with Gasteiger partial charge in [0.05, 0.1) is 6.61 Å². The van der Waals surface area contributed by atoms with Gasteiger partial charge in [-0.05, 0) is 32.8 Å². The highest BCUT2D eigenvalue weighted by atomic mass is 32.1. The first-order chi connectivity index (χ1) is 5.22. The Kier molecular flexibility index (Phi) is 7.16. The van der Waals surface area contributed by atoms with Gasteiger partial charge in [0.25, 0.3) is 0 Å². The molecule has 0 aromatic heterocycles. The number of thiol groups is 1. The van der Waals surface area contributed by atoms with Crippen LogP contribution in [0.4, 0.5) is 0 Å². The van der Waals surface area contributed by atoms with Crippen LogP contribution in [0.1, 0.15) is 12.8 Å². The summed E-state index contributed by atoms with van der Waals surface area (Å²) in [6.07, 6.45) is 1.56. The third-order valence-corrected chi connectivity index (χ3v) is 1.69. The maximum atomic E-state index is 8.55. The van der Waals surface area contributed by atoms with E-state index < -0.39 is 0 Å². The lowest BCUT2D eigenvalue weighted by Crippen LogP contribution is -2.32. The molecule has 1 N–H and O–H groups in total. The first-order valence-electron chi connectivity index (χ1n) is 3.57. The lowest BCUT2D eigenvalue weighted by molar-refractivity contribution is 0.218. The molecule has 0 aliphatic carbocycles. The maximum absolute atomic E-state index is 8.55. The molecule has 0 aliphatic rings. The van der Waals surface area contributed by atoms with Gasteiger partial charge in [0.15, 0.2) is 7.98 Å². The number of nitrogens with zero attached hydrogens (tertiary/aromatic N) is 1. The minimum atomic E-state index is 0.139. The molecular formula is C6H14BNO2S. The second-order valence-corrected chi connectivity index (χ2v) is 2.74. The van der Waals surface area contributed by atoms with E-state index in [1.807, 2.05) is 0 Å². The van der Waals surface area contributed by atoms with Crippen molar-refractivity contribution in [2.75, 3.05) is 20.3 Å². The Balaban J connectivity index is 3.51. The predicted octanol–water partition coefficient (Wildman–Crippen LogP) is 0.00420. The molecular weight excluding hydrogens is 161 g/mol. The molecule has 0 amide bonds. The topological polar surface area (TPSA) is 32.7 Å². The fourth-order valence-electron chi connectivity index (χ4n) is 0.817. The van der Waals surface area contributed by atoms with Crippen LogP contribution in [0.2, 0.25) is 0 Å². The molecule has 11 heavy (non-hydrogen) atoms. The average molecular weight is 175 g/mol. The maximum Gasteiger partial charge on any atom is 0.182 e. The van der Waals surface area contributed by atoms with Crippen LogP contribution in [0.25, 0.3) is 0 Å². The molecule has 5 heteroatoms. The Bertz CT molecular complexity index is 94.7. The van der Waals surface area contributed by atoms with E-state index in [4.69, 9.17) is 13.1 Å². The number of aliphatic hydroxyl groups excluding tert-OH is 1. The van der Waals surface area contributed by atoms with Gasteiger partial charge in [0.2, 0.25) is 0 Å². The summed E-state index contributed by atoms with van der Waals surface area (Å²) in [5.41, 5.74) is 0. The standard InChI is InChI=1S/C6H14BNO2S/c1-8(7)6(5-10-11)3-2-4-9/h6,9,11H,2-5H2,1H3/t6-/m0/s1. The van der Waals surface area contributed by atoms with E-state index in [1.165, 1.54) is 0 Å². The van der Waals surface area contributed by atoms with E-state index in [0.29, 0.717) is 6.61 Å². The number of aliphatic hydroxyl groups is 1. The van der Waals surface area contributed by atoms with Crippen LogP contribution in [0.3, 0.4) is 0 Å². The lowest BCUT2D eigenvalue weighted by Gasteiger charge is -2.23. The van der Waals surface area contributed by atoms with Crippen molar-refractivity contribution in [3.8, 4) is 0 Å². The molecule has 1 atom stereocenters. The Morgan fingerprint density at radius 1 is 1.73 bits per heavy atom. The van der Waals surface area contributed by atoms with E-state index in [0.717, 1.165) is 12.8 Å². The van der Waals surface area contributed by atoms with Crippen molar-refractivity contribution < 1.29 is 9.29 Å². The normalized spacial score (nSPS) is 13.8. The summed E-state index contributed by atoms with van der Waals surface area (Å²) in [7, 11) is 7.27. The van der Waals surface area contributed by atoms with Gasteiger partial charge >= 0.3 is 0 Å². The van der Waals surface area contributed by atoms with Crippen molar-refractivity contribution in [2.45, 2.75) is 18.9 Å². The van der Waals surface area contributed by atoms with Gasteiger partial charge in [0, 0.05) is 12.6 Å². The van der Waals surface area contributed by atoms with Crippen molar-refractivity contribution in [2.24, 2.45) is 0 Å². The number of hydrogen-bond acceptors (Lipinski definition) is 4. The van der Waals surface area contributed by atoms with E-state index in [1.54, 1.807) is 11.9 Å². The summed E-state index contributed by atoms with van der Waals surface area (Å²) in [6, 6.07) is 0.139. The zero-order valence-electron chi connectivity index (χ0n) is 6.73. The molecule has 0 aromatic carbocycles. The summed E-state index contributed by atoms with van der Waals surface area (Å²) in [5.74, 6) is 0. The van der Waals surface area contributed by atoms with Crippen molar-refractivity contribution in [1.82, 2.24) is 4.81 Å². The van der Waals surface area contributed by atoms with E-state index in [2.05, 4.69) is 17.1 Å². The fourth-order valence-corrected chi connectivity index (χ4v) is 0.990. The average Bonchev–Trinajstić information content (AvgIpc) is 1.97. The first-order valence-corrected chi connectivity index (χ1v) is 3.93. The van der Waals surface area contributed by atoms with E-state index in [9.17, 15) is 0 Å². The fraction of sp³-hybridized carbons (Fsp3) is 1.00. The van der Waals surface area contributed by atoms with Crippen molar-refractivity contribution in [1.29, 1.82) is 0 Å². The summed E-state index contributed by atoms with van der Waals surface area (Å²) >= 11 is 3.63. The Morgan fingerprint density at radius 2 is 2.36 bits per heavy atom. The number of rotatable bonds is 6. The molecule has 2 radical (unpaired) electrons. The molecule has 0 rings (SSSR count). The highest BCUT2D eigenvalue weighted by Gasteiger charge is 2.09. The van der Waals surface area contributed by atoms with Crippen molar-refractivity contribution in [3.05, 3.63) is 0 Å². The molecule has 0 spiro atoms. The van der Waals surface area contributed by atoms with Gasteiger partial charge in [0.1, 0.15) is 0 Å². The third-order valence-electron chi connectivity index (χ3n) is 1.54. The molecule has 0 aliphatic heterocycles. The summed E-state index contributed by atoms with van der Waals surface area (Å²) in [4.78, 5) is 1.58. The summed E-state index contributed by atoms with van der Waals surface area (Å²) < 4.78 is 4.65. The van der Waals surface area contributed by atoms with Gasteiger partial charge in [-0.25, -0.2) is 0 Å². The Labute approximate surface area is 74.8 Å². The number of likely N-dealkylation sites (N-methyl/N-ethyl adjacent to an activating group) is 1. The molecule has 0 heterocycles. The SMILES string of the molecule is [B]N(C)[C@@H](CCCO)COS. The number of hydrogen-bond donors (Lipinski definition) is 2. The molecule has 0 bridgehead atoms. The highest BCUT2D eigenvalue weighted by molar-refractivity contribution is 7.75. The molecule has 0 fully saturated rings. The smallest absolute Gasteiger partial charge is 0.182 e. The summed E-state index contributed by atoms with van der Waals surface area (Å²) in [6.45, 7) is 0.674. The molecule has 64 valence electrons. The van der Waals surface area contributed by atoms with Gasteiger partial charge in [-0.2, -0.15) is 0 Å². The zero-order valence-corrected chi connectivity index (χ0v) is 7.63. The van der Waals surface area contributed by atoms with Crippen molar-refractivity contribution >= 4 is 20.9 Å². The lowest BCUT2D eigenvalue weighted by atomic mass is 10.1. The Morgan fingerprint density at radius 3 is 2.73 bits per heavy atom. The van der Waals surface area contributed by atoms with Crippen molar-refractivity contribution in [3.63, 3.8) is 0 Å². The van der Waals surface area contributed by atoms with Crippen LogP contribution in [-0.2, 0) is 4.18 Å². The second kappa shape index (κ2) is 6.97. The minimum Gasteiger partial charge on any atom is -0.396 e. The molecule has 0 unspecified atom stereocenters. The van der Waals surface area contributed by atoms with Crippen LogP contribution < -0.4 is 0 Å². The van der Waals surface area contributed by atoms with Crippen LogP contribution in [0.5, 0.6) is 0 Å². The third kappa shape index (κ3) is 5.55. The van der Waals surface area contributed by atoms with Gasteiger partial charge in [-0.1, -0.05) is 0 Å². The van der Waals surface area contributed by atoms with E-state index in [-0.39, 0.29) is 12.6 Å². The molecule has 0 saturated heterocycles. The van der Waals surface area contributed by atoms with Crippen LogP contribution >= 0.6 is 12.9 Å². The van der Waals surface area contributed by atoms with Crippen LogP contribution in [0, 0.1) is 0 Å². The largest absolute Gasteiger partial charge is 0.396 e. The molecule has 0 saturated carbocycles. The monoisotopic (exact) mass is 175 g/mol. The van der Waals surface area contributed by atoms with Gasteiger partial charge < -0.3 is 14.1 Å². The Hall–Kier alpha value is 0.295.